The number of aliphatic imine (C=N–C) groups is 1. The van der Waals surface area contributed by atoms with Gasteiger partial charge in [0.25, 0.3) is 6.02 Å². The van der Waals surface area contributed by atoms with Crippen LogP contribution in [0, 0.1) is 11.4 Å². The van der Waals surface area contributed by atoms with Gasteiger partial charge in [0.05, 0.1) is 17.4 Å². The van der Waals surface area contributed by atoms with Gasteiger partial charge < -0.3 is 20.1 Å². The SMILES string of the molecule is CC1(C)CCN(c2cnc3c(c2)[C@]2(COC(N)=N2)c2cc(-c4cccnc4F)ccc2O3)C1. The number of amidine groups is 1. The van der Waals surface area contributed by atoms with Gasteiger partial charge in [-0.25, -0.2) is 15.0 Å². The molecule has 2 N–H and O–H groups in total. The van der Waals surface area contributed by atoms with Gasteiger partial charge in [-0.2, -0.15) is 4.39 Å². The summed E-state index contributed by atoms with van der Waals surface area (Å²) in [6, 6.07) is 11.1. The van der Waals surface area contributed by atoms with Crippen molar-refractivity contribution in [1.29, 1.82) is 0 Å². The molecule has 5 heterocycles. The first-order chi connectivity index (χ1) is 15.8. The Morgan fingerprint density at radius 2 is 2.00 bits per heavy atom. The second kappa shape index (κ2) is 6.91. The Morgan fingerprint density at radius 1 is 1.12 bits per heavy atom. The number of hydrogen-bond acceptors (Lipinski definition) is 7. The summed E-state index contributed by atoms with van der Waals surface area (Å²) in [7, 11) is 0. The highest BCUT2D eigenvalue weighted by Gasteiger charge is 2.48. The van der Waals surface area contributed by atoms with Crippen molar-refractivity contribution in [3.05, 3.63) is 65.9 Å². The minimum atomic E-state index is -0.917. The van der Waals surface area contributed by atoms with E-state index in [4.69, 9.17) is 20.2 Å². The Balaban J connectivity index is 1.50. The molecule has 3 aliphatic heterocycles. The van der Waals surface area contributed by atoms with Crippen LogP contribution in [-0.4, -0.2) is 35.7 Å². The summed E-state index contributed by atoms with van der Waals surface area (Å²) in [5, 5.41) is 0. The zero-order chi connectivity index (χ0) is 22.8. The quantitative estimate of drug-likeness (QED) is 0.595. The fourth-order valence-corrected chi connectivity index (χ4v) is 4.99. The zero-order valence-electron chi connectivity index (χ0n) is 18.5. The van der Waals surface area contributed by atoms with Crippen LogP contribution in [0.2, 0.25) is 0 Å². The Kier molecular flexibility index (Phi) is 4.18. The molecule has 1 fully saturated rings. The van der Waals surface area contributed by atoms with Crippen LogP contribution in [0.25, 0.3) is 11.1 Å². The molecule has 1 spiro atoms. The van der Waals surface area contributed by atoms with Crippen LogP contribution in [0.5, 0.6) is 11.6 Å². The van der Waals surface area contributed by atoms with Gasteiger partial charge in [-0.3, -0.25) is 0 Å². The van der Waals surface area contributed by atoms with Crippen molar-refractivity contribution in [2.75, 3.05) is 24.6 Å². The zero-order valence-corrected chi connectivity index (χ0v) is 18.5. The van der Waals surface area contributed by atoms with Crippen molar-refractivity contribution >= 4 is 11.7 Å². The minimum absolute atomic E-state index is 0.111. The lowest BCUT2D eigenvalue weighted by Gasteiger charge is -2.34. The van der Waals surface area contributed by atoms with Crippen LogP contribution in [0.1, 0.15) is 31.4 Å². The third kappa shape index (κ3) is 3.12. The highest BCUT2D eigenvalue weighted by molar-refractivity contribution is 5.78. The average Bonchev–Trinajstić information content (AvgIpc) is 3.37. The molecule has 6 rings (SSSR count). The van der Waals surface area contributed by atoms with E-state index in [1.54, 1.807) is 18.2 Å². The van der Waals surface area contributed by atoms with Gasteiger partial charge >= 0.3 is 0 Å². The molecule has 1 saturated heterocycles. The lowest BCUT2D eigenvalue weighted by molar-refractivity contribution is 0.262. The molecule has 3 aliphatic rings. The predicted octanol–water partition coefficient (Wildman–Crippen LogP) is 4.21. The van der Waals surface area contributed by atoms with Crippen LogP contribution < -0.4 is 15.4 Å². The number of benzene rings is 1. The van der Waals surface area contributed by atoms with Crippen molar-refractivity contribution in [3.63, 3.8) is 0 Å². The van der Waals surface area contributed by atoms with E-state index in [0.717, 1.165) is 36.3 Å². The van der Waals surface area contributed by atoms with Crippen molar-refractivity contribution in [3.8, 4) is 22.8 Å². The summed E-state index contributed by atoms with van der Waals surface area (Å²) >= 11 is 0. The van der Waals surface area contributed by atoms with E-state index in [1.807, 2.05) is 18.3 Å². The van der Waals surface area contributed by atoms with Crippen molar-refractivity contribution in [1.82, 2.24) is 9.97 Å². The minimum Gasteiger partial charge on any atom is -0.462 e. The van der Waals surface area contributed by atoms with Crippen molar-refractivity contribution < 1.29 is 13.9 Å². The molecule has 0 radical (unpaired) electrons. The third-order valence-electron chi connectivity index (χ3n) is 6.76. The van der Waals surface area contributed by atoms with Gasteiger partial charge in [-0.1, -0.05) is 19.9 Å². The maximum absolute atomic E-state index is 14.4. The van der Waals surface area contributed by atoms with Crippen LogP contribution in [-0.2, 0) is 10.3 Å². The molecule has 8 heteroatoms. The molecule has 0 amide bonds. The van der Waals surface area contributed by atoms with Gasteiger partial charge in [0.15, 0.2) is 5.54 Å². The first-order valence-electron chi connectivity index (χ1n) is 11.0. The number of aromatic nitrogens is 2. The molecule has 1 aromatic carbocycles. The fourth-order valence-electron chi connectivity index (χ4n) is 4.99. The molecule has 168 valence electrons. The van der Waals surface area contributed by atoms with Gasteiger partial charge in [0.1, 0.15) is 12.4 Å². The topological polar surface area (TPSA) is 85.9 Å². The van der Waals surface area contributed by atoms with E-state index >= 15 is 0 Å². The summed E-state index contributed by atoms with van der Waals surface area (Å²) in [5.74, 6) is 0.544. The van der Waals surface area contributed by atoms with Crippen LogP contribution in [0.3, 0.4) is 0 Å². The molecule has 7 nitrogen and oxygen atoms in total. The molecule has 3 aromatic rings. The van der Waals surface area contributed by atoms with E-state index in [1.165, 1.54) is 6.20 Å². The summed E-state index contributed by atoms with van der Waals surface area (Å²) in [6.07, 6.45) is 4.39. The van der Waals surface area contributed by atoms with E-state index < -0.39 is 11.5 Å². The maximum atomic E-state index is 14.4. The van der Waals surface area contributed by atoms with Gasteiger partial charge in [-0.05, 0) is 47.7 Å². The number of pyridine rings is 2. The fraction of sp³-hybridized carbons (Fsp3) is 0.320. The van der Waals surface area contributed by atoms with E-state index in [0.29, 0.717) is 22.8 Å². The Labute approximate surface area is 191 Å². The molecule has 1 atom stereocenters. The van der Waals surface area contributed by atoms with Crippen LogP contribution in [0.4, 0.5) is 10.1 Å². The van der Waals surface area contributed by atoms with E-state index in [-0.39, 0.29) is 18.0 Å². The largest absolute Gasteiger partial charge is 0.462 e. The normalized spacial score (nSPS) is 22.4. The number of halogens is 1. The molecule has 0 unspecified atom stereocenters. The maximum Gasteiger partial charge on any atom is 0.283 e. The lowest BCUT2D eigenvalue weighted by atomic mass is 9.81. The average molecular weight is 445 g/mol. The molecule has 33 heavy (non-hydrogen) atoms. The number of nitrogens with two attached hydrogens (primary N) is 1. The van der Waals surface area contributed by atoms with Gasteiger partial charge in [-0.15, -0.1) is 0 Å². The third-order valence-corrected chi connectivity index (χ3v) is 6.76. The standard InChI is InChI=1S/C25H24FN5O2/c1-24(2)7-9-31(13-24)16-11-19-22(29-12-16)33-20-6-5-15(17-4-3-8-28-21(17)26)10-18(20)25(19)14-32-23(27)30-25/h3-6,8,10-12H,7,9,13-14H2,1-2H3,(H2,27,30)/t25-/m0/s1. The molecule has 0 bridgehead atoms. The Bertz CT molecular complexity index is 1310. The molecular weight excluding hydrogens is 421 g/mol. The first kappa shape index (κ1) is 20.0. The van der Waals surface area contributed by atoms with Gasteiger partial charge in [0, 0.05) is 30.4 Å². The van der Waals surface area contributed by atoms with Gasteiger partial charge in [0.2, 0.25) is 11.8 Å². The number of ether oxygens (including phenoxy) is 2. The predicted molar refractivity (Wildman–Crippen MR) is 123 cm³/mol. The van der Waals surface area contributed by atoms with Crippen molar-refractivity contribution in [2.45, 2.75) is 25.8 Å². The number of anilines is 1. The van der Waals surface area contributed by atoms with E-state index in [9.17, 15) is 4.39 Å². The monoisotopic (exact) mass is 445 g/mol. The lowest BCUT2D eigenvalue weighted by Crippen LogP contribution is -2.32. The summed E-state index contributed by atoms with van der Waals surface area (Å²) < 4.78 is 26.3. The molecule has 2 aromatic heterocycles. The molecule has 0 aliphatic carbocycles. The Morgan fingerprint density at radius 3 is 2.73 bits per heavy atom. The highest BCUT2D eigenvalue weighted by atomic mass is 19.1. The second-order valence-corrected chi connectivity index (χ2v) is 9.64. The summed E-state index contributed by atoms with van der Waals surface area (Å²) in [4.78, 5) is 15.5. The van der Waals surface area contributed by atoms with Crippen LogP contribution in [0.15, 0.2) is 53.8 Å². The summed E-state index contributed by atoms with van der Waals surface area (Å²) in [6.45, 7) is 6.68. The first-order valence-corrected chi connectivity index (χ1v) is 11.0. The summed E-state index contributed by atoms with van der Waals surface area (Å²) in [5.41, 5.74) is 8.99. The second-order valence-electron chi connectivity index (χ2n) is 9.64. The molecule has 0 saturated carbocycles. The number of hydrogen-bond donors (Lipinski definition) is 1. The Hall–Kier alpha value is -3.68. The highest BCUT2D eigenvalue weighted by Crippen LogP contribution is 2.52. The number of nitrogens with zero attached hydrogens (tertiary/aromatic N) is 4. The van der Waals surface area contributed by atoms with E-state index in [2.05, 4.69) is 34.8 Å². The number of rotatable bonds is 2. The van der Waals surface area contributed by atoms with Crippen molar-refractivity contribution in [2.24, 2.45) is 16.1 Å². The smallest absolute Gasteiger partial charge is 0.283 e. The number of fused-ring (bicyclic) bond motifs is 4. The van der Waals surface area contributed by atoms with Crippen LogP contribution >= 0.6 is 0 Å². The molecular formula is C25H24FN5O2.